The van der Waals surface area contributed by atoms with Gasteiger partial charge in [0.2, 0.25) is 0 Å². The van der Waals surface area contributed by atoms with Crippen LogP contribution in [0.2, 0.25) is 0 Å². The number of rotatable bonds is 5. The molecule has 2 N–H and O–H groups in total. The highest BCUT2D eigenvalue weighted by Crippen LogP contribution is 2.16. The van der Waals surface area contributed by atoms with Crippen molar-refractivity contribution in [3.63, 3.8) is 0 Å². The predicted octanol–water partition coefficient (Wildman–Crippen LogP) is 3.41. The monoisotopic (exact) mass is 240 g/mol. The molecule has 0 aliphatic carbocycles. The molecule has 1 unspecified atom stereocenters. The van der Waals surface area contributed by atoms with Gasteiger partial charge in [0.05, 0.1) is 0 Å². The van der Waals surface area contributed by atoms with Crippen LogP contribution in [0.1, 0.15) is 35.7 Å². The predicted molar refractivity (Wildman–Crippen MR) is 75.3 cm³/mol. The van der Waals surface area contributed by atoms with Crippen LogP contribution in [-0.4, -0.2) is 4.98 Å². The van der Waals surface area contributed by atoms with Gasteiger partial charge in [0, 0.05) is 17.9 Å². The van der Waals surface area contributed by atoms with Crippen LogP contribution < -0.4 is 5.73 Å². The van der Waals surface area contributed by atoms with Gasteiger partial charge in [-0.15, -0.1) is 0 Å². The first-order valence-electron chi connectivity index (χ1n) is 6.48. The van der Waals surface area contributed by atoms with Gasteiger partial charge in [-0.2, -0.15) is 0 Å². The largest absolute Gasteiger partial charge is 0.324 e. The topological polar surface area (TPSA) is 38.9 Å². The van der Waals surface area contributed by atoms with Gasteiger partial charge in [0.15, 0.2) is 0 Å². The Morgan fingerprint density at radius 2 is 1.89 bits per heavy atom. The molecule has 0 radical (unpaired) electrons. The Bertz CT molecular complexity index is 462. The van der Waals surface area contributed by atoms with Crippen molar-refractivity contribution < 1.29 is 0 Å². The molecule has 94 valence electrons. The molecule has 0 aliphatic rings. The highest BCUT2D eigenvalue weighted by atomic mass is 14.7. The first-order chi connectivity index (χ1) is 8.75. The Morgan fingerprint density at radius 3 is 2.56 bits per heavy atom. The minimum absolute atomic E-state index is 0.0989. The molecule has 0 saturated heterocycles. The molecule has 1 aromatic carbocycles. The van der Waals surface area contributed by atoms with Crippen molar-refractivity contribution >= 4 is 0 Å². The number of nitrogens with zero attached hydrogens (tertiary/aromatic N) is 1. The summed E-state index contributed by atoms with van der Waals surface area (Å²) in [5.74, 6) is 0. The average Bonchev–Trinajstić information content (AvgIpc) is 2.40. The second kappa shape index (κ2) is 6.31. The van der Waals surface area contributed by atoms with Crippen LogP contribution in [0.25, 0.3) is 0 Å². The lowest BCUT2D eigenvalue weighted by Crippen LogP contribution is -2.10. The fourth-order valence-corrected chi connectivity index (χ4v) is 2.04. The van der Waals surface area contributed by atoms with Crippen molar-refractivity contribution in [2.75, 3.05) is 0 Å². The van der Waals surface area contributed by atoms with Gasteiger partial charge in [-0.3, -0.25) is 4.98 Å². The summed E-state index contributed by atoms with van der Waals surface area (Å²) in [6.07, 6.45) is 5.09. The zero-order valence-corrected chi connectivity index (χ0v) is 10.8. The summed E-state index contributed by atoms with van der Waals surface area (Å²) in [5.41, 5.74) is 9.72. The third-order valence-electron chi connectivity index (χ3n) is 3.19. The Kier molecular flexibility index (Phi) is 4.48. The molecule has 18 heavy (non-hydrogen) atoms. The quantitative estimate of drug-likeness (QED) is 0.869. The molecular weight excluding hydrogens is 220 g/mol. The second-order valence-electron chi connectivity index (χ2n) is 4.72. The molecule has 1 aromatic heterocycles. The summed E-state index contributed by atoms with van der Waals surface area (Å²) < 4.78 is 0. The van der Waals surface area contributed by atoms with Crippen molar-refractivity contribution in [2.24, 2.45) is 5.73 Å². The van der Waals surface area contributed by atoms with Crippen LogP contribution in [0.4, 0.5) is 0 Å². The molecule has 2 rings (SSSR count). The van der Waals surface area contributed by atoms with E-state index in [1.807, 2.05) is 25.3 Å². The lowest BCUT2D eigenvalue weighted by molar-refractivity contribution is 0.609. The summed E-state index contributed by atoms with van der Waals surface area (Å²) in [7, 11) is 0. The lowest BCUT2D eigenvalue weighted by atomic mass is 10.0. The van der Waals surface area contributed by atoms with Crippen molar-refractivity contribution in [1.82, 2.24) is 4.98 Å². The zero-order chi connectivity index (χ0) is 12.8. The minimum atomic E-state index is 0.0989. The fourth-order valence-electron chi connectivity index (χ4n) is 2.04. The van der Waals surface area contributed by atoms with Gasteiger partial charge in [-0.25, -0.2) is 0 Å². The number of aryl methyl sites for hydroxylation is 2. The van der Waals surface area contributed by atoms with E-state index < -0.39 is 0 Å². The average molecular weight is 240 g/mol. The van der Waals surface area contributed by atoms with Crippen LogP contribution in [0.5, 0.6) is 0 Å². The Labute approximate surface area is 109 Å². The Morgan fingerprint density at radius 1 is 1.11 bits per heavy atom. The third-order valence-corrected chi connectivity index (χ3v) is 3.19. The first-order valence-corrected chi connectivity index (χ1v) is 6.48. The van der Waals surface area contributed by atoms with Crippen LogP contribution in [0.3, 0.4) is 0 Å². The molecule has 2 nitrogen and oxygen atoms in total. The number of hydrogen-bond donors (Lipinski definition) is 1. The molecular formula is C16H20N2. The van der Waals surface area contributed by atoms with E-state index in [0.29, 0.717) is 0 Å². The van der Waals surface area contributed by atoms with Gasteiger partial charge >= 0.3 is 0 Å². The van der Waals surface area contributed by atoms with E-state index in [2.05, 4.69) is 35.3 Å². The van der Waals surface area contributed by atoms with Crippen molar-refractivity contribution in [2.45, 2.75) is 32.2 Å². The number of hydrogen-bond acceptors (Lipinski definition) is 2. The van der Waals surface area contributed by atoms with Gasteiger partial charge in [0.25, 0.3) is 0 Å². The van der Waals surface area contributed by atoms with E-state index >= 15 is 0 Å². The van der Waals surface area contributed by atoms with Gasteiger partial charge < -0.3 is 5.73 Å². The van der Waals surface area contributed by atoms with Crippen molar-refractivity contribution in [1.29, 1.82) is 0 Å². The summed E-state index contributed by atoms with van der Waals surface area (Å²) in [6, 6.07) is 14.7. The molecule has 2 heteroatoms. The molecule has 0 aliphatic heterocycles. The second-order valence-corrected chi connectivity index (χ2v) is 4.72. The van der Waals surface area contributed by atoms with Gasteiger partial charge in [-0.05, 0) is 43.4 Å². The normalized spacial score (nSPS) is 12.3. The maximum absolute atomic E-state index is 6.17. The zero-order valence-electron chi connectivity index (χ0n) is 10.8. The summed E-state index contributed by atoms with van der Waals surface area (Å²) >= 11 is 0. The molecule has 0 bridgehead atoms. The fraction of sp³-hybridized carbons (Fsp3) is 0.312. The molecule has 1 atom stereocenters. The van der Waals surface area contributed by atoms with E-state index in [9.17, 15) is 0 Å². The van der Waals surface area contributed by atoms with E-state index in [1.54, 1.807) is 0 Å². The number of aromatic nitrogens is 1. The Hall–Kier alpha value is -1.67. The van der Waals surface area contributed by atoms with Crippen molar-refractivity contribution in [3.8, 4) is 0 Å². The molecule has 0 saturated carbocycles. The number of pyridine rings is 1. The number of benzene rings is 1. The van der Waals surface area contributed by atoms with E-state index in [1.165, 1.54) is 5.56 Å². The SMILES string of the molecule is Cc1ccc(C(N)CCCc2ccccc2)cn1. The lowest BCUT2D eigenvalue weighted by Gasteiger charge is -2.11. The van der Waals surface area contributed by atoms with E-state index in [4.69, 9.17) is 5.73 Å². The molecule has 0 fully saturated rings. The smallest absolute Gasteiger partial charge is 0.0372 e. The summed E-state index contributed by atoms with van der Waals surface area (Å²) in [4.78, 5) is 4.29. The molecule has 2 aromatic rings. The maximum Gasteiger partial charge on any atom is 0.0372 e. The standard InChI is InChI=1S/C16H20N2/c1-13-10-11-15(12-18-13)16(17)9-5-8-14-6-3-2-4-7-14/h2-4,6-7,10-12,16H,5,8-9,17H2,1H3. The van der Waals surface area contributed by atoms with Crippen LogP contribution in [0.15, 0.2) is 48.7 Å². The molecule has 0 amide bonds. The van der Waals surface area contributed by atoms with Crippen molar-refractivity contribution in [3.05, 3.63) is 65.5 Å². The van der Waals surface area contributed by atoms with E-state index in [-0.39, 0.29) is 6.04 Å². The molecule has 1 heterocycles. The van der Waals surface area contributed by atoms with Crippen LogP contribution in [-0.2, 0) is 6.42 Å². The summed E-state index contributed by atoms with van der Waals surface area (Å²) in [6.45, 7) is 1.99. The van der Waals surface area contributed by atoms with Gasteiger partial charge in [0.1, 0.15) is 0 Å². The summed E-state index contributed by atoms with van der Waals surface area (Å²) in [5, 5.41) is 0. The number of nitrogens with two attached hydrogens (primary N) is 1. The van der Waals surface area contributed by atoms with Crippen LogP contribution >= 0.6 is 0 Å². The third kappa shape index (κ3) is 3.67. The van der Waals surface area contributed by atoms with E-state index in [0.717, 1.165) is 30.5 Å². The minimum Gasteiger partial charge on any atom is -0.324 e. The molecule has 0 spiro atoms. The highest BCUT2D eigenvalue weighted by molar-refractivity contribution is 5.17. The highest BCUT2D eigenvalue weighted by Gasteiger charge is 2.05. The van der Waals surface area contributed by atoms with Crippen LogP contribution in [0, 0.1) is 6.92 Å². The Balaban J connectivity index is 1.81. The first kappa shape index (κ1) is 12.8. The van der Waals surface area contributed by atoms with Gasteiger partial charge in [-0.1, -0.05) is 36.4 Å². The maximum atomic E-state index is 6.17.